The highest BCUT2D eigenvalue weighted by molar-refractivity contribution is 8.15. The van der Waals surface area contributed by atoms with Gasteiger partial charge in [-0.15, -0.1) is 0 Å². The molecular weight excluding hydrogens is 441 g/mol. The number of nitrogens with zero attached hydrogens (tertiary/aromatic N) is 1. The van der Waals surface area contributed by atoms with Crippen molar-refractivity contribution in [3.8, 4) is 5.75 Å². The molecule has 0 aromatic heterocycles. The zero-order valence-electron chi connectivity index (χ0n) is 17.0. The normalized spacial score (nSPS) is 24.8. The summed E-state index contributed by atoms with van der Waals surface area (Å²) in [4.78, 5) is 25.0. The third-order valence-electron chi connectivity index (χ3n) is 6.26. The van der Waals surface area contributed by atoms with Crippen LogP contribution in [0, 0.1) is 0 Å². The summed E-state index contributed by atoms with van der Waals surface area (Å²) in [5.41, 5.74) is 3.44. The topological polar surface area (TPSA) is 58.6 Å². The van der Waals surface area contributed by atoms with Gasteiger partial charge in [0.25, 0.3) is 5.24 Å². The highest BCUT2D eigenvalue weighted by Crippen LogP contribution is 2.44. The molecule has 2 heterocycles. The first kappa shape index (κ1) is 21.2. The molecule has 0 radical (unpaired) electrons. The Morgan fingerprint density at radius 1 is 1.09 bits per heavy atom. The number of fused-ring (bicyclic) bond motifs is 2. The van der Waals surface area contributed by atoms with Gasteiger partial charge in [0.05, 0.1) is 0 Å². The summed E-state index contributed by atoms with van der Waals surface area (Å²) in [5.74, 6) is 0.412. The maximum atomic E-state index is 13.0. The van der Waals surface area contributed by atoms with Crippen molar-refractivity contribution in [3.63, 3.8) is 0 Å². The second-order valence-corrected chi connectivity index (χ2v) is 9.43. The van der Waals surface area contributed by atoms with E-state index in [9.17, 15) is 22.8 Å². The number of thioether (sulfide) groups is 1. The van der Waals surface area contributed by atoms with E-state index in [-0.39, 0.29) is 29.7 Å². The van der Waals surface area contributed by atoms with Crippen LogP contribution in [0.25, 0.3) is 0 Å². The van der Waals surface area contributed by atoms with Crippen LogP contribution in [-0.4, -0.2) is 35.7 Å². The van der Waals surface area contributed by atoms with Crippen LogP contribution >= 0.6 is 11.8 Å². The van der Waals surface area contributed by atoms with Crippen molar-refractivity contribution in [2.45, 2.75) is 42.7 Å². The van der Waals surface area contributed by atoms with E-state index in [4.69, 9.17) is 4.74 Å². The van der Waals surface area contributed by atoms with Gasteiger partial charge in [0.1, 0.15) is 23.6 Å². The molecule has 0 spiro atoms. The molecule has 2 aromatic carbocycles. The number of benzene rings is 2. The number of carbonyl (C=O) groups is 2. The van der Waals surface area contributed by atoms with Crippen LogP contribution in [0.2, 0.25) is 0 Å². The van der Waals surface area contributed by atoms with Crippen LogP contribution in [0.15, 0.2) is 42.5 Å². The van der Waals surface area contributed by atoms with Gasteiger partial charge in [-0.2, -0.15) is 13.2 Å². The number of aryl methyl sites for hydroxylation is 1. The molecular formula is C23H21F3N2O3S. The summed E-state index contributed by atoms with van der Waals surface area (Å²) < 4.78 is 45.2. The van der Waals surface area contributed by atoms with Gasteiger partial charge in [0.15, 0.2) is 0 Å². The zero-order chi connectivity index (χ0) is 22.5. The third-order valence-corrected chi connectivity index (χ3v) is 7.37. The molecule has 2 amide bonds. The molecule has 9 heteroatoms. The highest BCUT2D eigenvalue weighted by Gasteiger charge is 2.41. The Hall–Kier alpha value is -2.68. The molecule has 32 heavy (non-hydrogen) atoms. The average Bonchev–Trinajstić information content (AvgIpc) is 3.30. The van der Waals surface area contributed by atoms with Crippen molar-refractivity contribution >= 4 is 28.6 Å². The van der Waals surface area contributed by atoms with Crippen LogP contribution in [0.5, 0.6) is 5.75 Å². The molecule has 2 aliphatic heterocycles. The minimum Gasteiger partial charge on any atom is -0.486 e. The fourth-order valence-corrected chi connectivity index (χ4v) is 5.92. The number of imide groups is 1. The Labute approximate surface area is 187 Å². The standard InChI is InChI=1S/C23H21F3N2O3S/c24-23(25,26)12-28-10-9-19(17-3-1-2-4-18(17)28)31-14-6-8-15-13(11-14)5-7-16(15)20-21(29)27-22(30)32-20/h1-4,6,8,11,16,19-20H,5,7,9-10,12H2,(H,27,29,30)/t16-,19?,20?/m1/s1. The summed E-state index contributed by atoms with van der Waals surface area (Å²) in [7, 11) is 0. The van der Waals surface area contributed by atoms with E-state index in [1.165, 1.54) is 4.90 Å². The Kier molecular flexibility index (Phi) is 5.31. The van der Waals surface area contributed by atoms with Crippen molar-refractivity contribution in [2.75, 3.05) is 18.0 Å². The number of rotatable bonds is 4. The van der Waals surface area contributed by atoms with E-state index < -0.39 is 18.0 Å². The second-order valence-electron chi connectivity index (χ2n) is 8.31. The number of hydrogen-bond donors (Lipinski definition) is 1. The van der Waals surface area contributed by atoms with Crippen LogP contribution in [-0.2, 0) is 11.2 Å². The van der Waals surface area contributed by atoms with Gasteiger partial charge in [-0.25, -0.2) is 0 Å². The fraction of sp³-hybridized carbons (Fsp3) is 0.391. The Morgan fingerprint density at radius 2 is 1.91 bits per heavy atom. The van der Waals surface area contributed by atoms with Gasteiger partial charge < -0.3 is 9.64 Å². The lowest BCUT2D eigenvalue weighted by Crippen LogP contribution is -2.39. The van der Waals surface area contributed by atoms with Gasteiger partial charge >= 0.3 is 6.18 Å². The second kappa shape index (κ2) is 8.03. The van der Waals surface area contributed by atoms with E-state index in [0.717, 1.165) is 41.3 Å². The van der Waals surface area contributed by atoms with Crippen molar-refractivity contribution in [1.29, 1.82) is 0 Å². The lowest BCUT2D eigenvalue weighted by Gasteiger charge is -2.36. The van der Waals surface area contributed by atoms with Crippen molar-refractivity contribution in [3.05, 3.63) is 59.2 Å². The number of anilines is 1. The first-order valence-corrected chi connectivity index (χ1v) is 11.4. The van der Waals surface area contributed by atoms with Gasteiger partial charge in [0, 0.05) is 30.1 Å². The minimum atomic E-state index is -4.27. The maximum absolute atomic E-state index is 13.0. The van der Waals surface area contributed by atoms with E-state index in [1.54, 1.807) is 12.1 Å². The first-order chi connectivity index (χ1) is 15.3. The Morgan fingerprint density at radius 3 is 2.66 bits per heavy atom. The quantitative estimate of drug-likeness (QED) is 0.696. The number of ether oxygens (including phenoxy) is 1. The van der Waals surface area contributed by atoms with Gasteiger partial charge in [-0.3, -0.25) is 14.9 Å². The molecule has 1 N–H and O–H groups in total. The number of carbonyl (C=O) groups excluding carboxylic acids is 2. The van der Waals surface area contributed by atoms with Crippen molar-refractivity contribution in [2.24, 2.45) is 0 Å². The molecule has 2 unspecified atom stereocenters. The summed E-state index contributed by atoms with van der Waals surface area (Å²) >= 11 is 1.05. The number of para-hydroxylation sites is 1. The SMILES string of the molecule is O=C1NC(=O)C([C@@H]2CCc3cc(OC4CCN(CC(F)(F)F)c5ccccc54)ccc32)S1. The summed E-state index contributed by atoms with van der Waals surface area (Å²) in [6.45, 7) is -0.720. The summed E-state index contributed by atoms with van der Waals surface area (Å²) in [5, 5.41) is 1.65. The Bertz CT molecular complexity index is 1070. The molecule has 0 bridgehead atoms. The molecule has 1 saturated heterocycles. The summed E-state index contributed by atoms with van der Waals surface area (Å²) in [6, 6.07) is 12.8. The molecule has 1 fully saturated rings. The molecule has 3 aliphatic rings. The zero-order valence-corrected chi connectivity index (χ0v) is 17.8. The molecule has 2 aromatic rings. The van der Waals surface area contributed by atoms with E-state index in [1.807, 2.05) is 30.3 Å². The van der Waals surface area contributed by atoms with Crippen LogP contribution in [0.4, 0.5) is 23.7 Å². The van der Waals surface area contributed by atoms with Crippen molar-refractivity contribution in [1.82, 2.24) is 5.32 Å². The van der Waals surface area contributed by atoms with Gasteiger partial charge in [0.2, 0.25) is 5.91 Å². The number of alkyl halides is 3. The molecule has 1 aliphatic carbocycles. The largest absolute Gasteiger partial charge is 0.486 e. The van der Waals surface area contributed by atoms with E-state index in [2.05, 4.69) is 5.32 Å². The van der Waals surface area contributed by atoms with E-state index >= 15 is 0 Å². The summed E-state index contributed by atoms with van der Waals surface area (Å²) in [6.07, 6.45) is -2.57. The molecule has 3 atom stereocenters. The molecule has 0 saturated carbocycles. The fourth-order valence-electron chi connectivity index (χ4n) is 4.91. The van der Waals surface area contributed by atoms with E-state index in [0.29, 0.717) is 17.9 Å². The van der Waals surface area contributed by atoms with Crippen molar-refractivity contribution < 1.29 is 27.5 Å². The number of amides is 2. The first-order valence-electron chi connectivity index (χ1n) is 10.5. The number of nitrogens with one attached hydrogen (secondary N) is 1. The highest BCUT2D eigenvalue weighted by atomic mass is 32.2. The maximum Gasteiger partial charge on any atom is 0.405 e. The molecule has 5 nitrogen and oxygen atoms in total. The number of halogens is 3. The molecule has 5 rings (SSSR count). The lowest BCUT2D eigenvalue weighted by molar-refractivity contribution is -0.120. The monoisotopic (exact) mass is 462 g/mol. The van der Waals surface area contributed by atoms with Crippen LogP contribution < -0.4 is 15.0 Å². The molecule has 168 valence electrons. The number of hydrogen-bond acceptors (Lipinski definition) is 5. The minimum absolute atomic E-state index is 0.0122. The van der Waals surface area contributed by atoms with Crippen LogP contribution in [0.3, 0.4) is 0 Å². The van der Waals surface area contributed by atoms with Gasteiger partial charge in [-0.1, -0.05) is 36.0 Å². The smallest absolute Gasteiger partial charge is 0.405 e. The lowest BCUT2D eigenvalue weighted by atomic mass is 9.96. The average molecular weight is 462 g/mol. The predicted molar refractivity (Wildman–Crippen MR) is 115 cm³/mol. The predicted octanol–water partition coefficient (Wildman–Crippen LogP) is 4.96. The third kappa shape index (κ3) is 4.05. The Balaban J connectivity index is 1.35. The van der Waals surface area contributed by atoms with Gasteiger partial charge in [-0.05, 0) is 42.2 Å². The van der Waals surface area contributed by atoms with Crippen LogP contribution in [0.1, 0.15) is 41.6 Å².